The van der Waals surface area contributed by atoms with Gasteiger partial charge >= 0.3 is 0 Å². The molecule has 1 nitrogen and oxygen atoms in total. The lowest BCUT2D eigenvalue weighted by molar-refractivity contribution is 1.45. The topological polar surface area (TPSA) is 12.0 Å². The summed E-state index contributed by atoms with van der Waals surface area (Å²) < 4.78 is 0. The van der Waals surface area contributed by atoms with E-state index in [4.69, 9.17) is 0 Å². The SMILES string of the molecule is Cc1ccc(Nc2ccccc2)cc1.[HH]. The lowest BCUT2D eigenvalue weighted by Gasteiger charge is -2.05. The molecule has 0 bridgehead atoms. The molecule has 0 heterocycles. The molecule has 1 heteroatoms. The summed E-state index contributed by atoms with van der Waals surface area (Å²) in [7, 11) is 0. The van der Waals surface area contributed by atoms with E-state index in [-0.39, 0.29) is 1.43 Å². The van der Waals surface area contributed by atoms with Gasteiger partial charge in [0.15, 0.2) is 0 Å². The fraction of sp³-hybridized carbons (Fsp3) is 0.0769. The van der Waals surface area contributed by atoms with Crippen molar-refractivity contribution >= 4 is 11.4 Å². The van der Waals surface area contributed by atoms with Crippen molar-refractivity contribution in [1.82, 2.24) is 0 Å². The molecular weight excluding hydrogens is 170 g/mol. The third-order valence-corrected chi connectivity index (χ3v) is 2.11. The molecule has 0 aliphatic carbocycles. The zero-order chi connectivity index (χ0) is 9.80. The normalized spacial score (nSPS) is 9.79. The van der Waals surface area contributed by atoms with Gasteiger partial charge in [-0.05, 0) is 31.2 Å². The van der Waals surface area contributed by atoms with Crippen LogP contribution >= 0.6 is 0 Å². The Labute approximate surface area is 85.9 Å². The van der Waals surface area contributed by atoms with E-state index in [1.807, 2.05) is 18.2 Å². The molecule has 0 amide bonds. The lowest BCUT2D eigenvalue weighted by Crippen LogP contribution is -1.88. The van der Waals surface area contributed by atoms with Gasteiger partial charge in [0.2, 0.25) is 0 Å². The lowest BCUT2D eigenvalue weighted by atomic mass is 10.2. The highest BCUT2D eigenvalue weighted by molar-refractivity contribution is 5.59. The van der Waals surface area contributed by atoms with Gasteiger partial charge in [-0.3, -0.25) is 0 Å². The van der Waals surface area contributed by atoms with Crippen LogP contribution in [0.1, 0.15) is 6.99 Å². The predicted molar refractivity (Wildman–Crippen MR) is 63.0 cm³/mol. The zero-order valence-corrected chi connectivity index (χ0v) is 8.20. The maximum atomic E-state index is 3.33. The van der Waals surface area contributed by atoms with Gasteiger partial charge in [0.25, 0.3) is 0 Å². The average molecular weight is 185 g/mol. The first-order valence-corrected chi connectivity index (χ1v) is 4.73. The molecule has 2 aromatic carbocycles. The van der Waals surface area contributed by atoms with Crippen LogP contribution in [-0.2, 0) is 0 Å². The molecule has 0 aromatic heterocycles. The molecule has 14 heavy (non-hydrogen) atoms. The molecule has 0 aliphatic rings. The van der Waals surface area contributed by atoms with Gasteiger partial charge in [-0.25, -0.2) is 0 Å². The molecule has 72 valence electrons. The Balaban J connectivity index is 0.00000112. The summed E-state index contributed by atoms with van der Waals surface area (Å²) in [5.74, 6) is 0. The van der Waals surface area contributed by atoms with E-state index in [0.29, 0.717) is 0 Å². The number of anilines is 2. The number of para-hydroxylation sites is 1. The van der Waals surface area contributed by atoms with Crippen LogP contribution < -0.4 is 5.32 Å². The molecule has 0 saturated carbocycles. The van der Waals surface area contributed by atoms with E-state index in [0.717, 1.165) is 11.4 Å². The third-order valence-electron chi connectivity index (χ3n) is 2.11. The van der Waals surface area contributed by atoms with Crippen molar-refractivity contribution < 1.29 is 1.43 Å². The van der Waals surface area contributed by atoms with Gasteiger partial charge in [-0.15, -0.1) is 0 Å². The van der Waals surface area contributed by atoms with E-state index in [9.17, 15) is 0 Å². The summed E-state index contributed by atoms with van der Waals surface area (Å²) in [6.07, 6.45) is 0. The highest BCUT2D eigenvalue weighted by atomic mass is 14.9. The minimum absolute atomic E-state index is 0. The van der Waals surface area contributed by atoms with Crippen LogP contribution in [0.2, 0.25) is 0 Å². The minimum Gasteiger partial charge on any atom is -0.356 e. The Morgan fingerprint density at radius 3 is 2.00 bits per heavy atom. The van der Waals surface area contributed by atoms with Crippen LogP contribution in [-0.4, -0.2) is 0 Å². The Bertz CT molecular complexity index is 395. The highest BCUT2D eigenvalue weighted by Crippen LogP contribution is 2.15. The molecule has 0 fully saturated rings. The number of hydrogen-bond acceptors (Lipinski definition) is 1. The molecular formula is C13H15N. The second kappa shape index (κ2) is 3.97. The zero-order valence-electron chi connectivity index (χ0n) is 8.20. The van der Waals surface area contributed by atoms with Crippen molar-refractivity contribution in [3.8, 4) is 0 Å². The Morgan fingerprint density at radius 1 is 0.786 bits per heavy atom. The number of rotatable bonds is 2. The van der Waals surface area contributed by atoms with Gasteiger partial charge in [-0.1, -0.05) is 35.9 Å². The maximum absolute atomic E-state index is 3.33. The van der Waals surface area contributed by atoms with Crippen molar-refractivity contribution in [3.63, 3.8) is 0 Å². The third kappa shape index (κ3) is 2.13. The van der Waals surface area contributed by atoms with Crippen molar-refractivity contribution in [1.29, 1.82) is 0 Å². The average Bonchev–Trinajstić information content (AvgIpc) is 2.23. The quantitative estimate of drug-likeness (QED) is 0.746. The second-order valence-electron chi connectivity index (χ2n) is 3.36. The maximum Gasteiger partial charge on any atom is 0.0384 e. The van der Waals surface area contributed by atoms with Gasteiger partial charge in [0.05, 0.1) is 0 Å². The monoisotopic (exact) mass is 185 g/mol. The summed E-state index contributed by atoms with van der Waals surface area (Å²) in [5.41, 5.74) is 3.53. The first kappa shape index (κ1) is 8.82. The van der Waals surface area contributed by atoms with Crippen LogP contribution in [0.25, 0.3) is 0 Å². The number of aryl methyl sites for hydroxylation is 1. The van der Waals surface area contributed by atoms with E-state index in [2.05, 4.69) is 48.6 Å². The van der Waals surface area contributed by atoms with Crippen LogP contribution in [0.5, 0.6) is 0 Å². The Kier molecular flexibility index (Phi) is 2.50. The molecule has 0 unspecified atom stereocenters. The molecule has 0 aliphatic heterocycles. The smallest absolute Gasteiger partial charge is 0.0384 e. The first-order valence-electron chi connectivity index (χ1n) is 4.73. The molecule has 2 aromatic rings. The number of nitrogens with one attached hydrogen (secondary N) is 1. The van der Waals surface area contributed by atoms with Crippen LogP contribution in [0.15, 0.2) is 54.6 Å². The van der Waals surface area contributed by atoms with Gasteiger partial charge in [0, 0.05) is 12.8 Å². The molecule has 1 N–H and O–H groups in total. The van der Waals surface area contributed by atoms with E-state index in [1.54, 1.807) is 0 Å². The van der Waals surface area contributed by atoms with E-state index in [1.165, 1.54) is 5.56 Å². The minimum atomic E-state index is 0. The molecule has 0 spiro atoms. The molecule has 0 saturated heterocycles. The highest BCUT2D eigenvalue weighted by Gasteiger charge is 1.91. The van der Waals surface area contributed by atoms with Gasteiger partial charge in [-0.2, -0.15) is 0 Å². The van der Waals surface area contributed by atoms with E-state index >= 15 is 0 Å². The Hall–Kier alpha value is -1.76. The van der Waals surface area contributed by atoms with Crippen LogP contribution in [0, 0.1) is 6.92 Å². The standard InChI is InChI=1S/C13H13N.H2/c1-11-7-9-13(10-8-11)14-12-5-3-2-4-6-12;/h2-10,14H,1H3;1H. The van der Waals surface area contributed by atoms with Crippen molar-refractivity contribution in [2.45, 2.75) is 6.92 Å². The first-order chi connectivity index (χ1) is 6.84. The summed E-state index contributed by atoms with van der Waals surface area (Å²) in [6, 6.07) is 18.5. The summed E-state index contributed by atoms with van der Waals surface area (Å²) >= 11 is 0. The van der Waals surface area contributed by atoms with Crippen molar-refractivity contribution in [3.05, 3.63) is 60.2 Å². The number of hydrogen-bond donors (Lipinski definition) is 1. The van der Waals surface area contributed by atoms with Crippen LogP contribution in [0.3, 0.4) is 0 Å². The van der Waals surface area contributed by atoms with Crippen molar-refractivity contribution in [2.24, 2.45) is 0 Å². The fourth-order valence-electron chi connectivity index (χ4n) is 1.33. The summed E-state index contributed by atoms with van der Waals surface area (Å²) in [5, 5.41) is 3.33. The van der Waals surface area contributed by atoms with Crippen LogP contribution in [0.4, 0.5) is 11.4 Å². The van der Waals surface area contributed by atoms with Gasteiger partial charge in [0.1, 0.15) is 0 Å². The van der Waals surface area contributed by atoms with Crippen molar-refractivity contribution in [2.75, 3.05) is 5.32 Å². The summed E-state index contributed by atoms with van der Waals surface area (Å²) in [6.45, 7) is 2.09. The predicted octanol–water partition coefficient (Wildman–Crippen LogP) is 3.98. The number of benzene rings is 2. The molecule has 2 rings (SSSR count). The molecule has 0 atom stereocenters. The summed E-state index contributed by atoms with van der Waals surface area (Å²) in [4.78, 5) is 0. The second-order valence-corrected chi connectivity index (χ2v) is 3.36. The molecule has 0 radical (unpaired) electrons. The fourth-order valence-corrected chi connectivity index (χ4v) is 1.33. The van der Waals surface area contributed by atoms with Gasteiger partial charge < -0.3 is 5.32 Å². The largest absolute Gasteiger partial charge is 0.356 e. The van der Waals surface area contributed by atoms with E-state index < -0.39 is 0 Å². The Morgan fingerprint density at radius 2 is 1.36 bits per heavy atom.